The maximum Gasteiger partial charge on any atom is 0.253 e. The van der Waals surface area contributed by atoms with Crippen molar-refractivity contribution < 1.29 is 14.1 Å². The summed E-state index contributed by atoms with van der Waals surface area (Å²) in [6, 6.07) is 13.4. The zero-order valence-corrected chi connectivity index (χ0v) is 17.0. The number of piperidine rings is 1. The lowest BCUT2D eigenvalue weighted by Gasteiger charge is -2.32. The van der Waals surface area contributed by atoms with Gasteiger partial charge in [-0.05, 0) is 57.0 Å². The number of pyridine rings is 1. The van der Waals surface area contributed by atoms with Crippen LogP contribution in [0.1, 0.15) is 46.3 Å². The minimum Gasteiger partial charge on any atom is -0.497 e. The summed E-state index contributed by atoms with van der Waals surface area (Å²) < 4.78 is 10.5. The molecule has 6 nitrogen and oxygen atoms in total. The van der Waals surface area contributed by atoms with E-state index >= 15 is 0 Å². The molecule has 0 unspecified atom stereocenters. The van der Waals surface area contributed by atoms with E-state index in [0.29, 0.717) is 17.2 Å². The van der Waals surface area contributed by atoms with Crippen LogP contribution in [0.5, 0.6) is 5.75 Å². The standard InChI is InChI=1S/C23H25N3O3/c1-15-22(16(2)29-25-15)21-9-5-8-20(24-21)17-10-12-26(13-11-17)23(27)18-6-4-7-19(14-18)28-3/h4-9,14,17H,10-13H2,1-3H3. The Balaban J connectivity index is 1.46. The van der Waals surface area contributed by atoms with Crippen molar-refractivity contribution in [2.24, 2.45) is 0 Å². The lowest BCUT2D eigenvalue weighted by atomic mass is 9.92. The molecule has 4 rings (SSSR count). The number of methoxy groups -OCH3 is 1. The number of ether oxygens (including phenoxy) is 1. The Hall–Kier alpha value is -3.15. The molecule has 0 spiro atoms. The maximum atomic E-state index is 12.8. The van der Waals surface area contributed by atoms with Gasteiger partial charge in [-0.2, -0.15) is 0 Å². The molecule has 2 aromatic heterocycles. The predicted molar refractivity (Wildman–Crippen MR) is 110 cm³/mol. The van der Waals surface area contributed by atoms with Gasteiger partial charge in [-0.15, -0.1) is 0 Å². The fourth-order valence-corrected chi connectivity index (χ4v) is 3.98. The molecule has 1 aliphatic heterocycles. The van der Waals surface area contributed by atoms with Gasteiger partial charge in [-0.25, -0.2) is 0 Å². The number of carbonyl (C=O) groups excluding carboxylic acids is 1. The van der Waals surface area contributed by atoms with Crippen LogP contribution in [0.25, 0.3) is 11.3 Å². The van der Waals surface area contributed by atoms with E-state index in [1.54, 1.807) is 13.2 Å². The summed E-state index contributed by atoms with van der Waals surface area (Å²) in [4.78, 5) is 19.6. The van der Waals surface area contributed by atoms with Crippen molar-refractivity contribution in [3.05, 3.63) is 65.2 Å². The molecular formula is C23H25N3O3. The van der Waals surface area contributed by atoms with E-state index in [9.17, 15) is 4.79 Å². The van der Waals surface area contributed by atoms with Gasteiger partial charge in [0.15, 0.2) is 0 Å². The molecular weight excluding hydrogens is 366 g/mol. The molecule has 1 amide bonds. The summed E-state index contributed by atoms with van der Waals surface area (Å²) in [7, 11) is 1.61. The normalized spacial score (nSPS) is 14.8. The Kier molecular flexibility index (Phi) is 5.34. The lowest BCUT2D eigenvalue weighted by Crippen LogP contribution is -2.38. The topological polar surface area (TPSA) is 68.5 Å². The number of amides is 1. The quantitative estimate of drug-likeness (QED) is 0.660. The van der Waals surface area contributed by atoms with Crippen molar-refractivity contribution in [3.63, 3.8) is 0 Å². The van der Waals surface area contributed by atoms with Crippen LogP contribution < -0.4 is 4.74 Å². The Morgan fingerprint density at radius 3 is 2.59 bits per heavy atom. The minimum atomic E-state index is 0.0554. The molecule has 29 heavy (non-hydrogen) atoms. The number of benzene rings is 1. The first-order valence-electron chi connectivity index (χ1n) is 9.90. The molecule has 0 radical (unpaired) electrons. The van der Waals surface area contributed by atoms with Crippen LogP contribution in [-0.2, 0) is 0 Å². The predicted octanol–water partition coefficient (Wildman–Crippen LogP) is 4.38. The van der Waals surface area contributed by atoms with Gasteiger partial charge in [-0.1, -0.05) is 17.3 Å². The highest BCUT2D eigenvalue weighted by Gasteiger charge is 2.26. The van der Waals surface area contributed by atoms with Crippen LogP contribution in [0.4, 0.5) is 0 Å². The second-order valence-electron chi connectivity index (χ2n) is 7.45. The Labute approximate surface area is 170 Å². The molecule has 0 saturated carbocycles. The van der Waals surface area contributed by atoms with Crippen molar-refractivity contribution in [2.45, 2.75) is 32.6 Å². The monoisotopic (exact) mass is 391 g/mol. The third kappa shape index (κ3) is 3.88. The van der Waals surface area contributed by atoms with Crippen molar-refractivity contribution in [1.82, 2.24) is 15.0 Å². The van der Waals surface area contributed by atoms with Gasteiger partial charge in [0.1, 0.15) is 11.5 Å². The summed E-state index contributed by atoms with van der Waals surface area (Å²) in [5.41, 5.74) is 4.45. The van der Waals surface area contributed by atoms with Gasteiger partial charge in [0.25, 0.3) is 5.91 Å². The number of nitrogens with zero attached hydrogens (tertiary/aromatic N) is 3. The van der Waals surface area contributed by atoms with E-state index in [2.05, 4.69) is 11.2 Å². The first kappa shape index (κ1) is 19.2. The maximum absolute atomic E-state index is 12.8. The molecule has 1 saturated heterocycles. The van der Waals surface area contributed by atoms with E-state index < -0.39 is 0 Å². The Bertz CT molecular complexity index is 1000. The zero-order valence-electron chi connectivity index (χ0n) is 17.0. The highest BCUT2D eigenvalue weighted by Crippen LogP contribution is 2.31. The molecule has 0 bridgehead atoms. The molecule has 0 aliphatic carbocycles. The van der Waals surface area contributed by atoms with Crippen LogP contribution in [0.2, 0.25) is 0 Å². The van der Waals surface area contributed by atoms with Gasteiger partial charge in [0.05, 0.1) is 24.1 Å². The number of carbonyl (C=O) groups is 1. The number of aromatic nitrogens is 2. The van der Waals surface area contributed by atoms with Gasteiger partial charge in [0, 0.05) is 30.3 Å². The van der Waals surface area contributed by atoms with Gasteiger partial charge < -0.3 is 14.2 Å². The summed E-state index contributed by atoms with van der Waals surface area (Å²) in [5.74, 6) is 1.88. The zero-order chi connectivity index (χ0) is 20.4. The Morgan fingerprint density at radius 2 is 1.90 bits per heavy atom. The van der Waals surface area contributed by atoms with Crippen molar-refractivity contribution in [3.8, 4) is 17.0 Å². The van der Waals surface area contributed by atoms with Crippen LogP contribution in [0.3, 0.4) is 0 Å². The third-order valence-corrected chi connectivity index (χ3v) is 5.58. The molecule has 3 heterocycles. The molecule has 0 atom stereocenters. The third-order valence-electron chi connectivity index (χ3n) is 5.58. The molecule has 1 fully saturated rings. The van der Waals surface area contributed by atoms with Crippen molar-refractivity contribution in [2.75, 3.05) is 20.2 Å². The molecule has 3 aromatic rings. The van der Waals surface area contributed by atoms with E-state index in [0.717, 1.165) is 54.3 Å². The molecule has 1 aliphatic rings. The first-order chi connectivity index (χ1) is 14.1. The average Bonchev–Trinajstić information content (AvgIpc) is 3.11. The van der Waals surface area contributed by atoms with E-state index in [1.165, 1.54) is 0 Å². The average molecular weight is 391 g/mol. The molecule has 1 aromatic carbocycles. The van der Waals surface area contributed by atoms with Gasteiger partial charge in [0.2, 0.25) is 0 Å². The summed E-state index contributed by atoms with van der Waals surface area (Å²) in [5, 5.41) is 4.04. The number of hydrogen-bond acceptors (Lipinski definition) is 5. The van der Waals surface area contributed by atoms with Crippen LogP contribution in [0.15, 0.2) is 47.0 Å². The van der Waals surface area contributed by atoms with Crippen molar-refractivity contribution >= 4 is 5.91 Å². The molecule has 6 heteroatoms. The van der Waals surface area contributed by atoms with Crippen LogP contribution in [0, 0.1) is 13.8 Å². The highest BCUT2D eigenvalue weighted by molar-refractivity contribution is 5.94. The summed E-state index contributed by atoms with van der Waals surface area (Å²) in [6.45, 7) is 5.28. The fourth-order valence-electron chi connectivity index (χ4n) is 3.98. The van der Waals surface area contributed by atoms with Crippen LogP contribution in [-0.4, -0.2) is 41.1 Å². The van der Waals surface area contributed by atoms with E-state index in [4.69, 9.17) is 14.2 Å². The van der Waals surface area contributed by atoms with Crippen LogP contribution >= 0.6 is 0 Å². The number of aryl methyl sites for hydroxylation is 2. The Morgan fingerprint density at radius 1 is 1.14 bits per heavy atom. The minimum absolute atomic E-state index is 0.0554. The second kappa shape index (κ2) is 8.07. The second-order valence-corrected chi connectivity index (χ2v) is 7.45. The number of rotatable bonds is 4. The fraction of sp³-hybridized carbons (Fsp3) is 0.348. The summed E-state index contributed by atoms with van der Waals surface area (Å²) in [6.07, 6.45) is 1.79. The smallest absolute Gasteiger partial charge is 0.253 e. The molecule has 150 valence electrons. The number of hydrogen-bond donors (Lipinski definition) is 0. The lowest BCUT2D eigenvalue weighted by molar-refractivity contribution is 0.0711. The molecule has 0 N–H and O–H groups in total. The van der Waals surface area contributed by atoms with E-state index in [1.807, 2.05) is 49.1 Å². The SMILES string of the molecule is COc1cccc(C(=O)N2CCC(c3cccc(-c4c(C)noc4C)n3)CC2)c1. The van der Waals surface area contributed by atoms with Gasteiger partial charge >= 0.3 is 0 Å². The van der Waals surface area contributed by atoms with Gasteiger partial charge in [-0.3, -0.25) is 9.78 Å². The highest BCUT2D eigenvalue weighted by atomic mass is 16.5. The van der Waals surface area contributed by atoms with E-state index in [-0.39, 0.29) is 5.91 Å². The largest absolute Gasteiger partial charge is 0.497 e. The van der Waals surface area contributed by atoms with Crippen molar-refractivity contribution in [1.29, 1.82) is 0 Å². The number of likely N-dealkylation sites (tertiary alicyclic amines) is 1. The first-order valence-corrected chi connectivity index (χ1v) is 9.90. The summed E-state index contributed by atoms with van der Waals surface area (Å²) >= 11 is 0.